The largest absolute Gasteiger partial charge is 0.417 e. The van der Waals surface area contributed by atoms with Crippen LogP contribution in [0, 0.1) is 0 Å². The van der Waals surface area contributed by atoms with Crippen LogP contribution in [0.15, 0.2) is 66.9 Å². The van der Waals surface area contributed by atoms with Crippen LogP contribution >= 0.6 is 0 Å². The topological polar surface area (TPSA) is 78.0 Å². The van der Waals surface area contributed by atoms with E-state index in [1.807, 2.05) is 29.2 Å². The van der Waals surface area contributed by atoms with E-state index in [9.17, 15) is 22.8 Å². The molecule has 2 aromatic carbocycles. The van der Waals surface area contributed by atoms with E-state index in [1.165, 1.54) is 35.8 Å². The Labute approximate surface area is 236 Å². The van der Waals surface area contributed by atoms with Crippen molar-refractivity contribution in [1.29, 1.82) is 0 Å². The molecular weight excluding hydrogens is 535 g/mol. The smallest absolute Gasteiger partial charge is 0.410 e. The molecule has 2 fully saturated rings. The Hall–Kier alpha value is -4.12. The highest BCUT2D eigenvalue weighted by Gasteiger charge is 2.31. The molecule has 3 heterocycles. The first-order chi connectivity index (χ1) is 19.7. The summed E-state index contributed by atoms with van der Waals surface area (Å²) in [4.78, 5) is 35.1. The number of alkyl halides is 3. The van der Waals surface area contributed by atoms with Crippen molar-refractivity contribution in [3.63, 3.8) is 0 Å². The highest BCUT2D eigenvalue weighted by Crippen LogP contribution is 2.29. The third-order valence-corrected chi connectivity index (χ3v) is 7.33. The Balaban J connectivity index is 1.07. The Morgan fingerprint density at radius 1 is 0.829 bits per heavy atom. The van der Waals surface area contributed by atoms with Gasteiger partial charge < -0.3 is 19.9 Å². The van der Waals surface area contributed by atoms with Gasteiger partial charge in [-0.05, 0) is 80.0 Å². The number of anilines is 2. The molecule has 0 unspecified atom stereocenters. The molecule has 216 valence electrons. The fraction of sp³-hybridized carbons (Fsp3) is 0.367. The van der Waals surface area contributed by atoms with E-state index in [1.54, 1.807) is 24.3 Å². The van der Waals surface area contributed by atoms with Gasteiger partial charge >= 0.3 is 12.3 Å². The van der Waals surface area contributed by atoms with Crippen molar-refractivity contribution in [1.82, 2.24) is 14.8 Å². The molecule has 2 amide bonds. The SMILES string of the molecule is O=C(Nc1ccc(OC(=O)N2CCN(c3ccc(C(F)(F)F)cn3)CC2)cc1)c1ccc(CN2CCCCC2)cc1. The minimum Gasteiger partial charge on any atom is -0.410 e. The second-order valence-electron chi connectivity index (χ2n) is 10.3. The van der Waals surface area contributed by atoms with Crippen LogP contribution in [0.2, 0.25) is 0 Å². The number of hydrogen-bond donors (Lipinski definition) is 1. The van der Waals surface area contributed by atoms with Gasteiger partial charge in [0.15, 0.2) is 0 Å². The maximum absolute atomic E-state index is 12.8. The van der Waals surface area contributed by atoms with Crippen molar-refractivity contribution in [2.24, 2.45) is 0 Å². The molecule has 0 atom stereocenters. The number of ether oxygens (including phenoxy) is 1. The van der Waals surface area contributed by atoms with Gasteiger partial charge in [0.05, 0.1) is 5.56 Å². The van der Waals surface area contributed by atoms with Gasteiger partial charge in [0, 0.05) is 50.2 Å². The summed E-state index contributed by atoms with van der Waals surface area (Å²) in [5.41, 5.74) is 1.52. The number of pyridine rings is 1. The van der Waals surface area contributed by atoms with Crippen LogP contribution in [0.1, 0.15) is 40.7 Å². The van der Waals surface area contributed by atoms with Gasteiger partial charge in [-0.25, -0.2) is 9.78 Å². The second-order valence-corrected chi connectivity index (χ2v) is 10.3. The lowest BCUT2D eigenvalue weighted by Gasteiger charge is -2.34. The summed E-state index contributed by atoms with van der Waals surface area (Å²) in [6.07, 6.45) is -0.368. The summed E-state index contributed by atoms with van der Waals surface area (Å²) in [7, 11) is 0. The lowest BCUT2D eigenvalue weighted by molar-refractivity contribution is -0.137. The number of nitrogens with zero attached hydrogens (tertiary/aromatic N) is 4. The number of piperidine rings is 1. The highest BCUT2D eigenvalue weighted by atomic mass is 19.4. The van der Waals surface area contributed by atoms with Gasteiger partial charge in [-0.3, -0.25) is 9.69 Å². The molecule has 41 heavy (non-hydrogen) atoms. The Kier molecular flexibility index (Phi) is 8.72. The van der Waals surface area contributed by atoms with E-state index in [2.05, 4.69) is 15.2 Å². The van der Waals surface area contributed by atoms with Gasteiger partial charge in [-0.1, -0.05) is 18.6 Å². The van der Waals surface area contributed by atoms with Crippen molar-refractivity contribution in [2.45, 2.75) is 32.0 Å². The number of carbonyl (C=O) groups excluding carboxylic acids is 2. The normalized spacial score (nSPS) is 16.4. The van der Waals surface area contributed by atoms with Crippen LogP contribution in [0.4, 0.5) is 29.5 Å². The van der Waals surface area contributed by atoms with Gasteiger partial charge in [-0.15, -0.1) is 0 Å². The number of aromatic nitrogens is 1. The molecule has 2 aliphatic heterocycles. The van der Waals surface area contributed by atoms with Gasteiger partial charge in [0.1, 0.15) is 11.6 Å². The average Bonchev–Trinajstić information content (AvgIpc) is 2.99. The lowest BCUT2D eigenvalue weighted by Crippen LogP contribution is -2.49. The summed E-state index contributed by atoms with van der Waals surface area (Å²) in [5, 5.41) is 2.86. The standard InChI is InChI=1S/C30H32F3N5O3/c31-30(32,33)24-8-13-27(34-20-24)37-16-18-38(19-17-37)29(40)41-26-11-9-25(10-12-26)35-28(39)23-6-4-22(5-7-23)21-36-14-2-1-3-15-36/h4-13,20H,1-3,14-19,21H2,(H,35,39). The predicted molar refractivity (Wildman–Crippen MR) is 149 cm³/mol. The van der Waals surface area contributed by atoms with Crippen molar-refractivity contribution in [3.8, 4) is 5.75 Å². The van der Waals surface area contributed by atoms with Crippen LogP contribution in [-0.2, 0) is 12.7 Å². The van der Waals surface area contributed by atoms with E-state index in [0.29, 0.717) is 49.0 Å². The molecule has 1 N–H and O–H groups in total. The number of rotatable bonds is 6. The van der Waals surface area contributed by atoms with Crippen molar-refractivity contribution in [2.75, 3.05) is 49.5 Å². The zero-order valence-corrected chi connectivity index (χ0v) is 22.6. The summed E-state index contributed by atoms with van der Waals surface area (Å²) >= 11 is 0. The maximum atomic E-state index is 12.8. The van der Waals surface area contributed by atoms with Gasteiger partial charge in [0.2, 0.25) is 0 Å². The first-order valence-electron chi connectivity index (χ1n) is 13.7. The maximum Gasteiger partial charge on any atom is 0.417 e. The Morgan fingerprint density at radius 3 is 2.12 bits per heavy atom. The van der Waals surface area contributed by atoms with Crippen molar-refractivity contribution in [3.05, 3.63) is 83.6 Å². The number of piperazine rings is 1. The molecule has 1 aromatic heterocycles. The third-order valence-electron chi connectivity index (χ3n) is 7.33. The number of hydrogen-bond acceptors (Lipinski definition) is 6. The molecule has 0 spiro atoms. The van der Waals surface area contributed by atoms with E-state index >= 15 is 0 Å². The van der Waals surface area contributed by atoms with Crippen LogP contribution in [-0.4, -0.2) is 66.1 Å². The number of likely N-dealkylation sites (tertiary alicyclic amines) is 1. The predicted octanol–water partition coefficient (Wildman–Crippen LogP) is 5.66. The van der Waals surface area contributed by atoms with E-state index < -0.39 is 17.8 Å². The zero-order valence-electron chi connectivity index (χ0n) is 22.6. The molecule has 0 bridgehead atoms. The lowest BCUT2D eigenvalue weighted by atomic mass is 10.1. The number of carbonyl (C=O) groups is 2. The number of amides is 2. The Morgan fingerprint density at radius 2 is 1.51 bits per heavy atom. The molecule has 8 nitrogen and oxygen atoms in total. The number of halogens is 3. The molecule has 0 aliphatic carbocycles. The van der Waals surface area contributed by atoms with Crippen LogP contribution < -0.4 is 15.0 Å². The monoisotopic (exact) mass is 567 g/mol. The summed E-state index contributed by atoms with van der Waals surface area (Å²) < 4.78 is 43.8. The fourth-order valence-electron chi connectivity index (χ4n) is 4.97. The minimum atomic E-state index is -4.43. The zero-order chi connectivity index (χ0) is 28.8. The molecule has 2 aliphatic rings. The average molecular weight is 568 g/mol. The van der Waals surface area contributed by atoms with Crippen molar-refractivity contribution < 1.29 is 27.5 Å². The summed E-state index contributed by atoms with van der Waals surface area (Å²) in [5.74, 6) is 0.540. The fourth-order valence-corrected chi connectivity index (χ4v) is 4.97. The summed E-state index contributed by atoms with van der Waals surface area (Å²) in [6, 6.07) is 16.5. The third kappa shape index (κ3) is 7.55. The quantitative estimate of drug-likeness (QED) is 0.414. The number of benzene rings is 2. The van der Waals surface area contributed by atoms with E-state index in [-0.39, 0.29) is 5.91 Å². The molecular formula is C30H32F3N5O3. The molecule has 5 rings (SSSR count). The highest BCUT2D eigenvalue weighted by molar-refractivity contribution is 6.04. The first kappa shape index (κ1) is 28.4. The molecule has 0 saturated carbocycles. The van der Waals surface area contributed by atoms with Crippen LogP contribution in [0.5, 0.6) is 5.75 Å². The first-order valence-corrected chi connectivity index (χ1v) is 13.7. The van der Waals surface area contributed by atoms with Gasteiger partial charge in [-0.2, -0.15) is 13.2 Å². The molecule has 3 aromatic rings. The minimum absolute atomic E-state index is 0.223. The molecule has 11 heteroatoms. The van der Waals surface area contributed by atoms with Gasteiger partial charge in [0.25, 0.3) is 5.91 Å². The van der Waals surface area contributed by atoms with Crippen molar-refractivity contribution >= 4 is 23.5 Å². The van der Waals surface area contributed by atoms with Crippen LogP contribution in [0.3, 0.4) is 0 Å². The van der Waals surface area contributed by atoms with E-state index in [4.69, 9.17) is 4.74 Å². The summed E-state index contributed by atoms with van der Waals surface area (Å²) in [6.45, 7) is 4.64. The Bertz CT molecular complexity index is 1320. The molecule has 0 radical (unpaired) electrons. The molecule has 2 saturated heterocycles. The van der Waals surface area contributed by atoms with E-state index in [0.717, 1.165) is 31.9 Å². The second kappa shape index (κ2) is 12.6. The number of nitrogens with one attached hydrogen (secondary N) is 1. The van der Waals surface area contributed by atoms with Crippen LogP contribution in [0.25, 0.3) is 0 Å².